The number of hydrogen-bond donors (Lipinski definition) is 2. The van der Waals surface area contributed by atoms with E-state index in [0.29, 0.717) is 23.3 Å². The molecule has 2 aromatic rings. The summed E-state index contributed by atoms with van der Waals surface area (Å²) in [5.41, 5.74) is 0.793. The van der Waals surface area contributed by atoms with Gasteiger partial charge in [-0.05, 0) is 25.5 Å². The van der Waals surface area contributed by atoms with E-state index in [2.05, 4.69) is 15.4 Å². The fourth-order valence-corrected chi connectivity index (χ4v) is 2.49. The molecule has 0 aliphatic rings. The highest BCUT2D eigenvalue weighted by Crippen LogP contribution is 2.28. The van der Waals surface area contributed by atoms with Crippen molar-refractivity contribution < 1.29 is 27.5 Å². The first-order valence-electron chi connectivity index (χ1n) is 8.07. The van der Waals surface area contributed by atoms with Crippen molar-refractivity contribution >= 4 is 11.8 Å². The average molecular weight is 366 g/mol. The molecule has 26 heavy (non-hydrogen) atoms. The fourth-order valence-electron chi connectivity index (χ4n) is 2.49. The van der Waals surface area contributed by atoms with Gasteiger partial charge in [0, 0.05) is 5.56 Å². The number of carbonyl (C=O) groups excluding carboxylic acids is 2. The van der Waals surface area contributed by atoms with Gasteiger partial charge in [0.2, 0.25) is 5.91 Å². The van der Waals surface area contributed by atoms with Crippen LogP contribution in [0.1, 0.15) is 41.1 Å². The molecule has 0 aliphatic carbocycles. The van der Waals surface area contributed by atoms with Crippen molar-refractivity contribution in [3.05, 3.63) is 53.5 Å². The monoisotopic (exact) mass is 366 g/mol. The summed E-state index contributed by atoms with van der Waals surface area (Å²) in [6.45, 7) is 0.235. The second kappa shape index (κ2) is 8.98. The molecular weight excluding hydrogens is 346 g/mol. The predicted octanol–water partition coefficient (Wildman–Crippen LogP) is 3.19. The van der Waals surface area contributed by atoms with Crippen molar-refractivity contribution in [2.24, 2.45) is 0 Å². The number of ether oxygens (including phenoxy) is 1. The van der Waals surface area contributed by atoms with Gasteiger partial charge < -0.3 is 19.8 Å². The second-order valence-corrected chi connectivity index (χ2v) is 5.52. The van der Waals surface area contributed by atoms with E-state index in [1.54, 1.807) is 32.0 Å². The molecule has 0 fully saturated rings. The standard InChI is InChI=1S/C18H20F2N2O4/c1-3-14(13-6-4-5-7-15(13)26-18(19)20)22-16(23)10-21-17(24)12-8-9-25-11(12)2/h4-9,14,18H,3,10H2,1-2H3,(H,21,24)(H,22,23). The summed E-state index contributed by atoms with van der Waals surface area (Å²) >= 11 is 0. The number of halogens is 2. The van der Waals surface area contributed by atoms with Gasteiger partial charge in [0.05, 0.1) is 24.4 Å². The van der Waals surface area contributed by atoms with E-state index in [-0.39, 0.29) is 12.3 Å². The van der Waals surface area contributed by atoms with Gasteiger partial charge in [0.15, 0.2) is 0 Å². The number of furan rings is 1. The van der Waals surface area contributed by atoms with E-state index in [4.69, 9.17) is 4.42 Å². The third kappa shape index (κ3) is 5.05. The average Bonchev–Trinajstić information content (AvgIpc) is 3.04. The molecule has 8 heteroatoms. The summed E-state index contributed by atoms with van der Waals surface area (Å²) in [6.07, 6.45) is 1.85. The van der Waals surface area contributed by atoms with E-state index in [1.165, 1.54) is 18.4 Å². The van der Waals surface area contributed by atoms with E-state index < -0.39 is 24.5 Å². The molecule has 0 spiro atoms. The van der Waals surface area contributed by atoms with Crippen molar-refractivity contribution in [2.45, 2.75) is 32.9 Å². The van der Waals surface area contributed by atoms with E-state index in [0.717, 1.165) is 0 Å². The van der Waals surface area contributed by atoms with Crippen LogP contribution in [0.5, 0.6) is 5.75 Å². The van der Waals surface area contributed by atoms with Gasteiger partial charge in [-0.2, -0.15) is 8.78 Å². The Hall–Kier alpha value is -2.90. The van der Waals surface area contributed by atoms with Crippen LogP contribution in [0.3, 0.4) is 0 Å². The smallest absolute Gasteiger partial charge is 0.387 e. The number of nitrogens with one attached hydrogen (secondary N) is 2. The molecule has 2 rings (SSSR count). The number of alkyl halides is 2. The number of para-hydroxylation sites is 1. The molecule has 0 aliphatic heterocycles. The normalized spacial score (nSPS) is 11.9. The number of benzene rings is 1. The lowest BCUT2D eigenvalue weighted by atomic mass is 10.0. The Bertz CT molecular complexity index is 761. The maximum atomic E-state index is 12.5. The van der Waals surface area contributed by atoms with Crippen molar-refractivity contribution in [2.75, 3.05) is 6.54 Å². The molecule has 2 N–H and O–H groups in total. The first-order chi connectivity index (χ1) is 12.4. The molecule has 2 amide bonds. The van der Waals surface area contributed by atoms with Crippen LogP contribution in [0.4, 0.5) is 8.78 Å². The summed E-state index contributed by atoms with van der Waals surface area (Å²) in [5.74, 6) is -0.417. The highest BCUT2D eigenvalue weighted by Gasteiger charge is 2.19. The van der Waals surface area contributed by atoms with Crippen molar-refractivity contribution in [1.82, 2.24) is 10.6 Å². The first kappa shape index (κ1) is 19.4. The van der Waals surface area contributed by atoms with Crippen LogP contribution in [0.25, 0.3) is 0 Å². The largest absolute Gasteiger partial charge is 0.469 e. The molecule has 1 atom stereocenters. The van der Waals surface area contributed by atoms with Gasteiger partial charge in [-0.3, -0.25) is 9.59 Å². The molecule has 0 saturated heterocycles. The summed E-state index contributed by atoms with van der Waals surface area (Å²) in [4.78, 5) is 24.1. The van der Waals surface area contributed by atoms with Crippen LogP contribution in [-0.2, 0) is 4.79 Å². The quantitative estimate of drug-likeness (QED) is 0.752. The van der Waals surface area contributed by atoms with Gasteiger partial charge in [-0.15, -0.1) is 0 Å². The zero-order valence-corrected chi connectivity index (χ0v) is 14.4. The molecule has 140 valence electrons. The molecule has 1 unspecified atom stereocenters. The summed E-state index contributed by atoms with van der Waals surface area (Å²) in [6, 6.07) is 7.26. The number of carbonyl (C=O) groups is 2. The van der Waals surface area contributed by atoms with Crippen LogP contribution < -0.4 is 15.4 Å². The minimum absolute atomic E-state index is 0.00714. The number of rotatable bonds is 8. The third-order valence-electron chi connectivity index (χ3n) is 3.77. The number of aryl methyl sites for hydroxylation is 1. The first-order valence-corrected chi connectivity index (χ1v) is 8.07. The Morgan fingerprint density at radius 2 is 1.96 bits per heavy atom. The van der Waals surface area contributed by atoms with Crippen LogP contribution in [-0.4, -0.2) is 25.0 Å². The van der Waals surface area contributed by atoms with Gasteiger partial charge in [0.25, 0.3) is 5.91 Å². The van der Waals surface area contributed by atoms with Crippen molar-refractivity contribution in [3.8, 4) is 5.75 Å². The predicted molar refractivity (Wildman–Crippen MR) is 90.0 cm³/mol. The topological polar surface area (TPSA) is 80.6 Å². The molecule has 0 bridgehead atoms. The van der Waals surface area contributed by atoms with E-state index >= 15 is 0 Å². The zero-order valence-electron chi connectivity index (χ0n) is 14.4. The molecule has 0 saturated carbocycles. The van der Waals surface area contributed by atoms with Gasteiger partial charge in [-0.1, -0.05) is 25.1 Å². The summed E-state index contributed by atoms with van der Waals surface area (Å²) in [7, 11) is 0. The third-order valence-corrected chi connectivity index (χ3v) is 3.77. The summed E-state index contributed by atoms with van der Waals surface area (Å²) < 4.78 is 34.6. The Labute approximate surface area is 149 Å². The maximum Gasteiger partial charge on any atom is 0.387 e. The lowest BCUT2D eigenvalue weighted by Crippen LogP contribution is -2.38. The zero-order chi connectivity index (χ0) is 19.1. The van der Waals surface area contributed by atoms with E-state index in [9.17, 15) is 18.4 Å². The Kier molecular flexibility index (Phi) is 6.71. The molecule has 1 aromatic heterocycles. The second-order valence-electron chi connectivity index (χ2n) is 5.52. The molecule has 0 radical (unpaired) electrons. The number of hydrogen-bond acceptors (Lipinski definition) is 4. The Balaban J connectivity index is 1.98. The molecule has 1 heterocycles. The lowest BCUT2D eigenvalue weighted by molar-refractivity contribution is -0.120. The van der Waals surface area contributed by atoms with Gasteiger partial charge in [-0.25, -0.2) is 0 Å². The highest BCUT2D eigenvalue weighted by atomic mass is 19.3. The maximum absolute atomic E-state index is 12.5. The lowest BCUT2D eigenvalue weighted by Gasteiger charge is -2.20. The minimum Gasteiger partial charge on any atom is -0.469 e. The molecule has 6 nitrogen and oxygen atoms in total. The van der Waals surface area contributed by atoms with Gasteiger partial charge >= 0.3 is 6.61 Å². The molecule has 1 aromatic carbocycles. The Morgan fingerprint density at radius 1 is 1.23 bits per heavy atom. The SMILES string of the molecule is CCC(NC(=O)CNC(=O)c1ccoc1C)c1ccccc1OC(F)F. The fraction of sp³-hybridized carbons (Fsp3) is 0.333. The number of amides is 2. The van der Waals surface area contributed by atoms with Crippen LogP contribution in [0, 0.1) is 6.92 Å². The summed E-state index contributed by atoms with van der Waals surface area (Å²) in [5, 5.41) is 5.20. The highest BCUT2D eigenvalue weighted by molar-refractivity contribution is 5.97. The van der Waals surface area contributed by atoms with Crippen LogP contribution >= 0.6 is 0 Å². The Morgan fingerprint density at radius 3 is 2.58 bits per heavy atom. The van der Waals surface area contributed by atoms with Crippen LogP contribution in [0.15, 0.2) is 41.0 Å². The van der Waals surface area contributed by atoms with E-state index in [1.807, 2.05) is 0 Å². The molecular formula is C18H20F2N2O4. The van der Waals surface area contributed by atoms with Crippen molar-refractivity contribution in [3.63, 3.8) is 0 Å². The van der Waals surface area contributed by atoms with Crippen LogP contribution in [0.2, 0.25) is 0 Å². The minimum atomic E-state index is -2.96. The van der Waals surface area contributed by atoms with Crippen molar-refractivity contribution in [1.29, 1.82) is 0 Å². The van der Waals surface area contributed by atoms with Gasteiger partial charge in [0.1, 0.15) is 11.5 Å².